The van der Waals surface area contributed by atoms with E-state index in [1.165, 1.54) is 30.7 Å². The third-order valence-electron chi connectivity index (χ3n) is 8.32. The molecule has 2 bridgehead atoms. The highest BCUT2D eigenvalue weighted by atomic mass is 32.1. The molecule has 0 radical (unpaired) electrons. The van der Waals surface area contributed by atoms with E-state index in [0.717, 1.165) is 62.5 Å². The van der Waals surface area contributed by atoms with E-state index >= 15 is 0 Å². The average molecular weight is 558 g/mol. The van der Waals surface area contributed by atoms with Crippen LogP contribution in [0.2, 0.25) is 0 Å². The van der Waals surface area contributed by atoms with E-state index in [1.807, 2.05) is 11.3 Å². The molecule has 1 aliphatic carbocycles. The predicted molar refractivity (Wildman–Crippen MR) is 131 cm³/mol. The molecule has 1 saturated carbocycles. The van der Waals surface area contributed by atoms with Gasteiger partial charge in [0.15, 0.2) is 6.10 Å². The molecule has 0 amide bonds. The van der Waals surface area contributed by atoms with Gasteiger partial charge in [0.25, 0.3) is 0 Å². The summed E-state index contributed by atoms with van der Waals surface area (Å²) >= 11 is 1.84. The Morgan fingerprint density at radius 2 is 1.82 bits per heavy atom. The van der Waals surface area contributed by atoms with Crippen molar-refractivity contribution in [1.29, 1.82) is 0 Å². The molecule has 2 aromatic heterocycles. The summed E-state index contributed by atoms with van der Waals surface area (Å²) in [6.45, 7) is 4.41. The number of furan rings is 1. The Balaban J connectivity index is 0.000000426. The van der Waals surface area contributed by atoms with Crippen molar-refractivity contribution in [2.45, 2.75) is 69.2 Å². The third-order valence-corrected chi connectivity index (χ3v) is 9.26. The van der Waals surface area contributed by atoms with Gasteiger partial charge in [-0.05, 0) is 42.8 Å². The normalized spacial score (nSPS) is 26.8. The van der Waals surface area contributed by atoms with Crippen LogP contribution in [-0.2, 0) is 26.3 Å². The molecule has 210 valence electrons. The van der Waals surface area contributed by atoms with Crippen LogP contribution in [0.15, 0.2) is 40.3 Å². The van der Waals surface area contributed by atoms with Gasteiger partial charge in [-0.2, -0.15) is 13.2 Å². The van der Waals surface area contributed by atoms with Crippen molar-refractivity contribution in [3.05, 3.63) is 46.5 Å². The van der Waals surface area contributed by atoms with Crippen LogP contribution in [0, 0.1) is 11.8 Å². The van der Waals surface area contributed by atoms with Gasteiger partial charge in [-0.3, -0.25) is 0 Å². The Bertz CT molecular complexity index is 1040. The number of aryl methyl sites for hydroxylation is 1. The molecule has 0 aromatic carbocycles. The Hall–Kier alpha value is -2.37. The number of carboxylic acid groups (broad SMARTS) is 1. The summed E-state index contributed by atoms with van der Waals surface area (Å²) in [7, 11) is 0. The first kappa shape index (κ1) is 28.6. The van der Waals surface area contributed by atoms with E-state index in [2.05, 4.69) is 17.5 Å². The number of nitrogens with zero attached hydrogens (tertiary/aromatic N) is 1. The first-order chi connectivity index (χ1) is 18.0. The van der Waals surface area contributed by atoms with Crippen LogP contribution in [0.3, 0.4) is 0 Å². The summed E-state index contributed by atoms with van der Waals surface area (Å²) in [4.78, 5) is 23.7. The summed E-state index contributed by atoms with van der Waals surface area (Å²) in [5.74, 6) is -2.87. The van der Waals surface area contributed by atoms with Crippen LogP contribution in [-0.4, -0.2) is 60.0 Å². The molecular formula is C27H34F3NO6S. The van der Waals surface area contributed by atoms with Crippen LogP contribution in [0.1, 0.15) is 55.6 Å². The summed E-state index contributed by atoms with van der Waals surface area (Å²) in [5, 5.41) is 22.5. The van der Waals surface area contributed by atoms with Gasteiger partial charge in [-0.15, -0.1) is 11.3 Å². The second kappa shape index (κ2) is 11.8. The number of rotatable bonds is 8. The number of alkyl halides is 3. The minimum atomic E-state index is -5.19. The number of halogens is 3. The number of quaternary nitrogens is 1. The molecule has 7 nitrogen and oxygen atoms in total. The molecule has 4 aliphatic rings. The molecule has 2 atom stereocenters. The SMILES string of the molecule is O=C(O[C@H]1C[N+]2(CCCc3cccs3)CCC1CC2)[C@@](O)(c1ccco1)C1CCCC1.O=C([O-])C(F)(F)F. The predicted octanol–water partition coefficient (Wildman–Crippen LogP) is 3.80. The van der Waals surface area contributed by atoms with Crippen LogP contribution < -0.4 is 5.11 Å². The van der Waals surface area contributed by atoms with Crippen molar-refractivity contribution < 1.29 is 46.6 Å². The Kier molecular flexibility index (Phi) is 8.89. The standard InChI is InChI=1S/C25H34NO4S.C2HF3O2/c27-24(25(28,20-6-1-2-7-20)23-10-4-16-29-23)30-22-18-26(14-11-19(22)12-15-26)13-3-8-21-9-5-17-31-21;3-2(4,5)1(6)7/h4-5,9-10,16-17,19-20,22,28H,1-3,6-8,11-15,18H2;(H,6,7)/q+1;/p-1/t19?,22-,25-,26?;/m0./s1. The average Bonchev–Trinajstić information content (AvgIpc) is 3.68. The number of ether oxygens (including phenoxy) is 1. The highest BCUT2D eigenvalue weighted by Crippen LogP contribution is 2.43. The van der Waals surface area contributed by atoms with Crippen molar-refractivity contribution in [3.8, 4) is 0 Å². The molecule has 2 aromatic rings. The Morgan fingerprint density at radius 3 is 2.37 bits per heavy atom. The number of aliphatic hydroxyl groups is 1. The fourth-order valence-electron chi connectivity index (χ4n) is 6.25. The molecule has 3 aliphatic heterocycles. The minimum Gasteiger partial charge on any atom is -0.542 e. The van der Waals surface area contributed by atoms with Crippen molar-refractivity contribution in [3.63, 3.8) is 0 Å². The first-order valence-electron chi connectivity index (χ1n) is 13.2. The zero-order valence-corrected chi connectivity index (χ0v) is 22.0. The maximum atomic E-state index is 13.4. The van der Waals surface area contributed by atoms with Crippen LogP contribution >= 0.6 is 11.3 Å². The second-order valence-electron chi connectivity index (χ2n) is 10.7. The number of carbonyl (C=O) groups is 2. The molecule has 3 saturated heterocycles. The number of piperidine rings is 3. The number of carboxylic acids is 1. The summed E-state index contributed by atoms with van der Waals surface area (Å²) in [6, 6.07) is 7.80. The summed E-state index contributed by atoms with van der Waals surface area (Å²) < 4.78 is 44.3. The lowest BCUT2D eigenvalue weighted by atomic mass is 9.81. The van der Waals surface area contributed by atoms with E-state index in [-0.39, 0.29) is 12.0 Å². The summed E-state index contributed by atoms with van der Waals surface area (Å²) in [5.41, 5.74) is -1.66. The van der Waals surface area contributed by atoms with Gasteiger partial charge in [0.05, 0.1) is 25.9 Å². The fourth-order valence-corrected chi connectivity index (χ4v) is 7.00. The van der Waals surface area contributed by atoms with Crippen LogP contribution in [0.25, 0.3) is 0 Å². The Labute approximate surface area is 223 Å². The molecule has 0 unspecified atom stereocenters. The van der Waals surface area contributed by atoms with E-state index in [4.69, 9.17) is 19.1 Å². The highest BCUT2D eigenvalue weighted by molar-refractivity contribution is 7.09. The first-order valence-corrected chi connectivity index (χ1v) is 14.0. The Morgan fingerprint density at radius 1 is 1.13 bits per heavy atom. The van der Waals surface area contributed by atoms with Gasteiger partial charge in [-0.1, -0.05) is 18.9 Å². The van der Waals surface area contributed by atoms with Crippen molar-refractivity contribution in [2.75, 3.05) is 26.2 Å². The van der Waals surface area contributed by atoms with Gasteiger partial charge in [0, 0.05) is 36.0 Å². The minimum absolute atomic E-state index is 0.0976. The van der Waals surface area contributed by atoms with Crippen molar-refractivity contribution in [2.24, 2.45) is 11.8 Å². The molecule has 6 rings (SSSR count). The van der Waals surface area contributed by atoms with Crippen LogP contribution in [0.5, 0.6) is 0 Å². The van der Waals surface area contributed by atoms with Gasteiger partial charge >= 0.3 is 12.1 Å². The number of aliphatic carboxylic acids is 1. The maximum absolute atomic E-state index is 13.4. The number of thiophene rings is 1. The zero-order chi connectivity index (χ0) is 27.4. The highest BCUT2D eigenvalue weighted by Gasteiger charge is 2.53. The van der Waals surface area contributed by atoms with E-state index in [0.29, 0.717) is 11.7 Å². The van der Waals surface area contributed by atoms with Crippen molar-refractivity contribution >= 4 is 23.3 Å². The lowest BCUT2D eigenvalue weighted by Gasteiger charge is -2.52. The largest absolute Gasteiger partial charge is 0.542 e. The number of esters is 1. The molecular weight excluding hydrogens is 523 g/mol. The van der Waals surface area contributed by atoms with Gasteiger partial charge in [-0.25, -0.2) is 4.79 Å². The number of hydrogen-bond acceptors (Lipinski definition) is 7. The van der Waals surface area contributed by atoms with Crippen LogP contribution in [0.4, 0.5) is 13.2 Å². The topological polar surface area (TPSA) is 99.8 Å². The smallest absolute Gasteiger partial charge is 0.430 e. The lowest BCUT2D eigenvalue weighted by molar-refractivity contribution is -0.946. The quantitative estimate of drug-likeness (QED) is 0.392. The van der Waals surface area contributed by atoms with E-state index < -0.39 is 23.7 Å². The van der Waals surface area contributed by atoms with E-state index in [1.54, 1.807) is 12.1 Å². The molecule has 4 fully saturated rings. The second-order valence-corrected chi connectivity index (χ2v) is 11.7. The van der Waals surface area contributed by atoms with E-state index in [9.17, 15) is 23.1 Å². The van der Waals surface area contributed by atoms with Gasteiger partial charge in [0.2, 0.25) is 5.60 Å². The third kappa shape index (κ3) is 6.43. The zero-order valence-electron chi connectivity index (χ0n) is 21.2. The van der Waals surface area contributed by atoms with Gasteiger partial charge < -0.3 is 28.6 Å². The maximum Gasteiger partial charge on any atom is 0.430 e. The monoisotopic (exact) mass is 557 g/mol. The van der Waals surface area contributed by atoms with Gasteiger partial charge in [0.1, 0.15) is 18.3 Å². The fraction of sp³-hybridized carbons (Fsp3) is 0.630. The number of fused-ring (bicyclic) bond motifs is 3. The summed E-state index contributed by atoms with van der Waals surface area (Å²) in [6.07, 6.45) is 4.51. The number of carbonyl (C=O) groups excluding carboxylic acids is 2. The van der Waals surface area contributed by atoms with Crippen molar-refractivity contribution in [1.82, 2.24) is 0 Å². The molecule has 1 N–H and O–H groups in total. The molecule has 38 heavy (non-hydrogen) atoms. The molecule has 0 spiro atoms. The molecule has 5 heterocycles. The number of hydrogen-bond donors (Lipinski definition) is 1. The molecule has 11 heteroatoms. The lowest BCUT2D eigenvalue weighted by Crippen LogP contribution is -2.65.